The van der Waals surface area contributed by atoms with E-state index in [4.69, 9.17) is 0 Å². The van der Waals surface area contributed by atoms with Crippen molar-refractivity contribution in [2.75, 3.05) is 13.1 Å². The predicted molar refractivity (Wildman–Crippen MR) is 81.3 cm³/mol. The van der Waals surface area contributed by atoms with Gasteiger partial charge in [0.05, 0.1) is 4.90 Å². The number of hydrogen-bond acceptors (Lipinski definition) is 3. The van der Waals surface area contributed by atoms with E-state index in [1.54, 1.807) is 30.3 Å². The van der Waals surface area contributed by atoms with Crippen molar-refractivity contribution in [2.45, 2.75) is 43.5 Å². The first-order chi connectivity index (χ1) is 10.1. The number of hydrogen-bond donors (Lipinski definition) is 1. The van der Waals surface area contributed by atoms with Crippen LogP contribution in [0.2, 0.25) is 0 Å². The summed E-state index contributed by atoms with van der Waals surface area (Å²) in [5.74, 6) is -0.184. The molecule has 5 nitrogen and oxygen atoms in total. The first-order valence-corrected chi connectivity index (χ1v) is 8.86. The number of benzene rings is 1. The molecule has 1 aliphatic heterocycles. The Bertz CT molecular complexity index is 572. The second kappa shape index (κ2) is 7.04. The molecule has 21 heavy (non-hydrogen) atoms. The van der Waals surface area contributed by atoms with Gasteiger partial charge in [0.15, 0.2) is 0 Å². The highest BCUT2D eigenvalue weighted by Gasteiger charge is 2.37. The fourth-order valence-corrected chi connectivity index (χ4v) is 4.23. The van der Waals surface area contributed by atoms with Crippen molar-refractivity contribution in [2.24, 2.45) is 0 Å². The molecule has 116 valence electrons. The van der Waals surface area contributed by atoms with E-state index in [2.05, 4.69) is 5.32 Å². The van der Waals surface area contributed by atoms with Gasteiger partial charge in [-0.25, -0.2) is 8.42 Å². The van der Waals surface area contributed by atoms with Gasteiger partial charge in [0, 0.05) is 13.1 Å². The Labute approximate surface area is 126 Å². The monoisotopic (exact) mass is 310 g/mol. The van der Waals surface area contributed by atoms with Crippen molar-refractivity contribution >= 4 is 15.9 Å². The van der Waals surface area contributed by atoms with Crippen LogP contribution in [0.1, 0.15) is 32.6 Å². The summed E-state index contributed by atoms with van der Waals surface area (Å²) in [6.45, 7) is 2.95. The van der Waals surface area contributed by atoms with E-state index < -0.39 is 16.1 Å². The van der Waals surface area contributed by atoms with E-state index in [0.717, 1.165) is 19.3 Å². The Balaban J connectivity index is 2.24. The van der Waals surface area contributed by atoms with Gasteiger partial charge in [-0.05, 0) is 31.4 Å². The maximum atomic E-state index is 12.7. The average molecular weight is 310 g/mol. The number of rotatable bonds is 5. The Hall–Kier alpha value is -1.40. The maximum Gasteiger partial charge on any atom is 0.243 e. The van der Waals surface area contributed by atoms with Gasteiger partial charge in [-0.1, -0.05) is 31.5 Å². The summed E-state index contributed by atoms with van der Waals surface area (Å²) in [5, 5.41) is 2.81. The van der Waals surface area contributed by atoms with Crippen LogP contribution in [-0.2, 0) is 14.8 Å². The van der Waals surface area contributed by atoms with Crippen molar-refractivity contribution in [1.82, 2.24) is 9.62 Å². The van der Waals surface area contributed by atoms with Crippen LogP contribution < -0.4 is 5.32 Å². The molecule has 1 atom stereocenters. The third-order valence-corrected chi connectivity index (χ3v) is 5.58. The number of amides is 1. The molecule has 2 rings (SSSR count). The molecule has 0 radical (unpaired) electrons. The molecule has 1 unspecified atom stereocenters. The molecule has 1 aromatic carbocycles. The van der Waals surface area contributed by atoms with Gasteiger partial charge in [0.1, 0.15) is 6.04 Å². The number of nitrogens with one attached hydrogen (secondary N) is 1. The standard InChI is InChI=1S/C15H22N2O3S/c1-2-11-16-15(18)14-10-6-7-12-17(14)21(19,20)13-8-4-3-5-9-13/h3-5,8-9,14H,2,6-7,10-12H2,1H3,(H,16,18). The van der Waals surface area contributed by atoms with Crippen LogP contribution in [0.3, 0.4) is 0 Å². The van der Waals surface area contributed by atoms with Gasteiger partial charge in [-0.3, -0.25) is 4.79 Å². The minimum atomic E-state index is -3.61. The Morgan fingerprint density at radius 2 is 2.00 bits per heavy atom. The zero-order valence-corrected chi connectivity index (χ0v) is 13.1. The van der Waals surface area contributed by atoms with Crippen molar-refractivity contribution in [3.63, 3.8) is 0 Å². The molecule has 6 heteroatoms. The smallest absolute Gasteiger partial charge is 0.243 e. The van der Waals surface area contributed by atoms with E-state index in [9.17, 15) is 13.2 Å². The van der Waals surface area contributed by atoms with E-state index in [1.807, 2.05) is 6.92 Å². The van der Waals surface area contributed by atoms with Crippen LogP contribution in [0.15, 0.2) is 35.2 Å². The molecule has 1 aromatic rings. The zero-order valence-electron chi connectivity index (χ0n) is 12.3. The maximum absolute atomic E-state index is 12.7. The summed E-state index contributed by atoms with van der Waals surface area (Å²) in [6.07, 6.45) is 3.10. The summed E-state index contributed by atoms with van der Waals surface area (Å²) in [4.78, 5) is 12.5. The highest BCUT2D eigenvalue weighted by Crippen LogP contribution is 2.25. The second-order valence-corrected chi connectivity index (χ2v) is 7.12. The number of nitrogens with zero attached hydrogens (tertiary/aromatic N) is 1. The Morgan fingerprint density at radius 3 is 2.67 bits per heavy atom. The van der Waals surface area contributed by atoms with E-state index >= 15 is 0 Å². The van der Waals surface area contributed by atoms with E-state index in [1.165, 1.54) is 4.31 Å². The minimum absolute atomic E-state index is 0.184. The highest BCUT2D eigenvalue weighted by molar-refractivity contribution is 7.89. The van der Waals surface area contributed by atoms with Crippen LogP contribution >= 0.6 is 0 Å². The third kappa shape index (κ3) is 3.63. The molecule has 0 aliphatic carbocycles. The van der Waals surface area contributed by atoms with Crippen LogP contribution in [-0.4, -0.2) is 37.8 Å². The second-order valence-electron chi connectivity index (χ2n) is 5.23. The minimum Gasteiger partial charge on any atom is -0.355 e. The van der Waals surface area contributed by atoms with Crippen LogP contribution in [0.4, 0.5) is 0 Å². The first-order valence-electron chi connectivity index (χ1n) is 7.42. The molecule has 1 aliphatic rings. The van der Waals surface area contributed by atoms with Crippen molar-refractivity contribution in [3.05, 3.63) is 30.3 Å². The number of carbonyl (C=O) groups is 1. The van der Waals surface area contributed by atoms with Crippen molar-refractivity contribution < 1.29 is 13.2 Å². The van der Waals surface area contributed by atoms with Gasteiger partial charge < -0.3 is 5.32 Å². The van der Waals surface area contributed by atoms with Crippen molar-refractivity contribution in [1.29, 1.82) is 0 Å². The summed E-state index contributed by atoms with van der Waals surface area (Å²) >= 11 is 0. The van der Waals surface area contributed by atoms with Gasteiger partial charge in [0.2, 0.25) is 15.9 Å². The Kier molecular flexibility index (Phi) is 5.36. The van der Waals surface area contributed by atoms with Crippen LogP contribution in [0.25, 0.3) is 0 Å². The quantitative estimate of drug-likeness (QED) is 0.901. The van der Waals surface area contributed by atoms with Crippen molar-refractivity contribution in [3.8, 4) is 0 Å². The summed E-state index contributed by atoms with van der Waals surface area (Å²) < 4.78 is 26.8. The summed E-state index contributed by atoms with van der Waals surface area (Å²) in [7, 11) is -3.61. The lowest BCUT2D eigenvalue weighted by Crippen LogP contribution is -2.51. The fourth-order valence-electron chi connectivity index (χ4n) is 2.55. The van der Waals surface area contributed by atoms with E-state index in [0.29, 0.717) is 19.5 Å². The molecule has 1 amide bonds. The highest BCUT2D eigenvalue weighted by atomic mass is 32.2. The number of sulfonamides is 1. The van der Waals surface area contributed by atoms with Gasteiger partial charge in [-0.15, -0.1) is 0 Å². The molecule has 0 saturated carbocycles. The Morgan fingerprint density at radius 1 is 1.29 bits per heavy atom. The molecule has 0 spiro atoms. The zero-order chi connectivity index (χ0) is 15.3. The van der Waals surface area contributed by atoms with Gasteiger partial charge in [-0.2, -0.15) is 4.31 Å². The summed E-state index contributed by atoms with van der Waals surface area (Å²) in [5.41, 5.74) is 0. The van der Waals surface area contributed by atoms with Crippen LogP contribution in [0, 0.1) is 0 Å². The van der Waals surface area contributed by atoms with Crippen LogP contribution in [0.5, 0.6) is 0 Å². The van der Waals surface area contributed by atoms with E-state index in [-0.39, 0.29) is 10.8 Å². The molecule has 1 N–H and O–H groups in total. The molecule has 1 heterocycles. The van der Waals surface area contributed by atoms with Gasteiger partial charge >= 0.3 is 0 Å². The third-order valence-electron chi connectivity index (χ3n) is 3.66. The lowest BCUT2D eigenvalue weighted by atomic mass is 10.0. The largest absolute Gasteiger partial charge is 0.355 e. The lowest BCUT2D eigenvalue weighted by Gasteiger charge is -2.33. The molecule has 1 fully saturated rings. The van der Waals surface area contributed by atoms with Gasteiger partial charge in [0.25, 0.3) is 0 Å². The summed E-state index contributed by atoms with van der Waals surface area (Å²) in [6, 6.07) is 7.73. The molecule has 0 bridgehead atoms. The lowest BCUT2D eigenvalue weighted by molar-refractivity contribution is -0.125. The molecule has 1 saturated heterocycles. The average Bonchev–Trinajstić information content (AvgIpc) is 2.53. The normalized spacial score (nSPS) is 20.1. The SMILES string of the molecule is CCCNC(=O)C1CCCCN1S(=O)(=O)c1ccccc1. The predicted octanol–water partition coefficient (Wildman–Crippen LogP) is 1.76. The number of piperidine rings is 1. The molecule has 0 aromatic heterocycles. The number of carbonyl (C=O) groups excluding carboxylic acids is 1. The first kappa shape index (κ1) is 16.0. The fraction of sp³-hybridized carbons (Fsp3) is 0.533. The topological polar surface area (TPSA) is 66.5 Å². The molecular formula is C15H22N2O3S. The molecular weight excluding hydrogens is 288 g/mol.